The fraction of sp³-hybridized carbons (Fsp3) is 1.00. The van der Waals surface area contributed by atoms with Crippen LogP contribution in [0.15, 0.2) is 0 Å². The summed E-state index contributed by atoms with van der Waals surface area (Å²) in [6.45, 7) is 8.36. The smallest absolute Gasteiger partial charge is 0.0701 e. The molecule has 2 N–H and O–H groups in total. The Balaban J connectivity index is 2.42. The Morgan fingerprint density at radius 2 is 2.09 bits per heavy atom. The molecule has 0 spiro atoms. The Labute approximate surface area is 69.1 Å². The maximum Gasteiger partial charge on any atom is 0.0701 e. The molecular formula is C9H19NO. The van der Waals surface area contributed by atoms with Gasteiger partial charge in [0.1, 0.15) is 0 Å². The van der Waals surface area contributed by atoms with Gasteiger partial charge in [-0.1, -0.05) is 20.8 Å². The van der Waals surface area contributed by atoms with Crippen LogP contribution in [0.3, 0.4) is 0 Å². The van der Waals surface area contributed by atoms with Gasteiger partial charge >= 0.3 is 0 Å². The highest BCUT2D eigenvalue weighted by molar-refractivity contribution is 4.82. The molecule has 0 radical (unpaired) electrons. The Kier molecular flexibility index (Phi) is 2.55. The Morgan fingerprint density at radius 1 is 1.45 bits per heavy atom. The van der Waals surface area contributed by atoms with Crippen molar-refractivity contribution in [1.82, 2.24) is 0 Å². The maximum absolute atomic E-state index is 5.52. The highest BCUT2D eigenvalue weighted by Gasteiger charge is 2.32. The van der Waals surface area contributed by atoms with Crippen LogP contribution in [-0.2, 0) is 4.74 Å². The summed E-state index contributed by atoms with van der Waals surface area (Å²) in [6, 6.07) is 0. The lowest BCUT2D eigenvalue weighted by molar-refractivity contribution is 0.102. The third-order valence-corrected chi connectivity index (χ3v) is 2.57. The molecule has 0 amide bonds. The quantitative estimate of drug-likeness (QED) is 0.624. The van der Waals surface area contributed by atoms with E-state index in [1.165, 1.54) is 0 Å². The van der Waals surface area contributed by atoms with E-state index >= 15 is 0 Å². The fourth-order valence-electron chi connectivity index (χ4n) is 1.47. The zero-order chi connectivity index (χ0) is 8.48. The van der Waals surface area contributed by atoms with E-state index in [4.69, 9.17) is 10.5 Å². The van der Waals surface area contributed by atoms with Gasteiger partial charge in [-0.2, -0.15) is 0 Å². The molecule has 0 unspecified atom stereocenters. The van der Waals surface area contributed by atoms with E-state index in [-0.39, 0.29) is 0 Å². The molecule has 0 aromatic heterocycles. The first kappa shape index (κ1) is 9.01. The van der Waals surface area contributed by atoms with Crippen LogP contribution in [0.4, 0.5) is 0 Å². The molecule has 1 saturated heterocycles. The van der Waals surface area contributed by atoms with Crippen molar-refractivity contribution < 1.29 is 4.74 Å². The minimum Gasteiger partial charge on any atom is -0.377 e. The highest BCUT2D eigenvalue weighted by atomic mass is 16.5. The third kappa shape index (κ3) is 2.17. The first-order chi connectivity index (χ1) is 5.04. The molecule has 0 saturated carbocycles. The molecule has 2 atom stereocenters. The highest BCUT2D eigenvalue weighted by Crippen LogP contribution is 2.34. The molecule has 0 aromatic carbocycles. The number of rotatable bonds is 1. The van der Waals surface area contributed by atoms with Crippen LogP contribution in [0.5, 0.6) is 0 Å². The van der Waals surface area contributed by atoms with E-state index in [0.717, 1.165) is 13.0 Å². The van der Waals surface area contributed by atoms with Crippen LogP contribution >= 0.6 is 0 Å². The Hall–Kier alpha value is -0.0800. The van der Waals surface area contributed by atoms with Crippen molar-refractivity contribution in [3.05, 3.63) is 0 Å². The van der Waals surface area contributed by atoms with E-state index in [1.54, 1.807) is 0 Å². The maximum atomic E-state index is 5.52. The van der Waals surface area contributed by atoms with Crippen molar-refractivity contribution in [3.8, 4) is 0 Å². The summed E-state index contributed by atoms with van der Waals surface area (Å²) in [5, 5.41) is 0. The molecule has 1 aliphatic heterocycles. The topological polar surface area (TPSA) is 35.2 Å². The van der Waals surface area contributed by atoms with Gasteiger partial charge in [-0.25, -0.2) is 0 Å². The van der Waals surface area contributed by atoms with Gasteiger partial charge in [0.2, 0.25) is 0 Å². The van der Waals surface area contributed by atoms with Crippen molar-refractivity contribution in [2.45, 2.75) is 33.3 Å². The van der Waals surface area contributed by atoms with Gasteiger partial charge in [0.05, 0.1) is 12.7 Å². The van der Waals surface area contributed by atoms with Crippen LogP contribution in [0.1, 0.15) is 27.2 Å². The molecule has 1 fully saturated rings. The molecule has 1 rings (SSSR count). The molecule has 0 aromatic rings. The lowest BCUT2D eigenvalue weighted by atomic mass is 9.79. The molecule has 11 heavy (non-hydrogen) atoms. The average molecular weight is 157 g/mol. The lowest BCUT2D eigenvalue weighted by Gasteiger charge is -2.25. The summed E-state index contributed by atoms with van der Waals surface area (Å²) >= 11 is 0. The summed E-state index contributed by atoms with van der Waals surface area (Å²) < 4.78 is 5.52. The minimum atomic E-state index is 0.319. The Morgan fingerprint density at radius 3 is 2.36 bits per heavy atom. The summed E-state index contributed by atoms with van der Waals surface area (Å²) in [5.74, 6) is 0.691. The first-order valence-corrected chi connectivity index (χ1v) is 4.35. The second-order valence-electron chi connectivity index (χ2n) is 4.49. The van der Waals surface area contributed by atoms with Crippen molar-refractivity contribution in [1.29, 1.82) is 0 Å². The minimum absolute atomic E-state index is 0.319. The summed E-state index contributed by atoms with van der Waals surface area (Å²) in [7, 11) is 0. The van der Waals surface area contributed by atoms with Crippen LogP contribution in [0.2, 0.25) is 0 Å². The molecule has 1 heterocycles. The number of hydrogen-bond donors (Lipinski definition) is 1. The lowest BCUT2D eigenvalue weighted by Crippen LogP contribution is -2.22. The van der Waals surface area contributed by atoms with Crippen LogP contribution in [0.25, 0.3) is 0 Å². The summed E-state index contributed by atoms with van der Waals surface area (Å²) in [6.07, 6.45) is 1.46. The summed E-state index contributed by atoms with van der Waals surface area (Å²) in [5.41, 5.74) is 5.89. The van der Waals surface area contributed by atoms with Crippen molar-refractivity contribution in [3.63, 3.8) is 0 Å². The number of ether oxygens (including phenoxy) is 1. The van der Waals surface area contributed by atoms with Crippen LogP contribution in [-0.4, -0.2) is 19.3 Å². The largest absolute Gasteiger partial charge is 0.377 e. The zero-order valence-corrected chi connectivity index (χ0v) is 7.76. The monoisotopic (exact) mass is 157 g/mol. The van der Waals surface area contributed by atoms with E-state index in [2.05, 4.69) is 20.8 Å². The van der Waals surface area contributed by atoms with Crippen molar-refractivity contribution in [2.75, 3.05) is 13.2 Å². The van der Waals surface area contributed by atoms with E-state index in [9.17, 15) is 0 Å². The van der Waals surface area contributed by atoms with Crippen molar-refractivity contribution >= 4 is 0 Å². The summed E-state index contributed by atoms with van der Waals surface area (Å²) in [4.78, 5) is 0. The van der Waals surface area contributed by atoms with Crippen LogP contribution in [0, 0.1) is 11.3 Å². The predicted molar refractivity (Wildman–Crippen MR) is 46.4 cm³/mol. The van der Waals surface area contributed by atoms with Gasteiger partial charge in [0.15, 0.2) is 0 Å². The normalized spacial score (nSPS) is 32.7. The SMILES string of the molecule is CC(C)(C)[C@H]1CO[C@@H](CN)C1. The molecule has 1 aliphatic rings. The van der Waals surface area contributed by atoms with Crippen LogP contribution < -0.4 is 5.73 Å². The number of hydrogen-bond acceptors (Lipinski definition) is 2. The molecule has 0 bridgehead atoms. The zero-order valence-electron chi connectivity index (χ0n) is 7.76. The molecule has 2 nitrogen and oxygen atoms in total. The standard InChI is InChI=1S/C9H19NO/c1-9(2,3)7-4-8(5-10)11-6-7/h7-8H,4-6,10H2,1-3H3/t7-,8-/m1/s1. The van der Waals surface area contributed by atoms with E-state index < -0.39 is 0 Å². The Bertz CT molecular complexity index is 128. The van der Waals surface area contributed by atoms with Gasteiger partial charge < -0.3 is 10.5 Å². The molecule has 0 aliphatic carbocycles. The molecule has 66 valence electrons. The fourth-order valence-corrected chi connectivity index (χ4v) is 1.47. The van der Waals surface area contributed by atoms with Gasteiger partial charge in [-0.3, -0.25) is 0 Å². The number of nitrogens with two attached hydrogens (primary N) is 1. The van der Waals surface area contributed by atoms with E-state index in [0.29, 0.717) is 24.0 Å². The van der Waals surface area contributed by atoms with Crippen molar-refractivity contribution in [2.24, 2.45) is 17.1 Å². The predicted octanol–water partition coefficient (Wildman–Crippen LogP) is 1.40. The molecular weight excluding hydrogens is 138 g/mol. The van der Waals surface area contributed by atoms with Gasteiger partial charge in [-0.15, -0.1) is 0 Å². The van der Waals surface area contributed by atoms with Gasteiger partial charge in [-0.05, 0) is 17.8 Å². The van der Waals surface area contributed by atoms with Gasteiger partial charge in [0, 0.05) is 6.54 Å². The first-order valence-electron chi connectivity index (χ1n) is 4.35. The third-order valence-electron chi connectivity index (χ3n) is 2.57. The van der Waals surface area contributed by atoms with Gasteiger partial charge in [0.25, 0.3) is 0 Å². The average Bonchev–Trinajstić information content (AvgIpc) is 2.32. The molecule has 2 heteroatoms. The second kappa shape index (κ2) is 3.11. The second-order valence-corrected chi connectivity index (χ2v) is 4.49. The van der Waals surface area contributed by atoms with E-state index in [1.807, 2.05) is 0 Å².